The largest absolute Gasteiger partial charge is 0.384 e. The zero-order chi connectivity index (χ0) is 14.3. The summed E-state index contributed by atoms with van der Waals surface area (Å²) in [4.78, 5) is 13.0. The minimum atomic E-state index is -0.163. The van der Waals surface area contributed by atoms with Crippen LogP contribution in [0.1, 0.15) is 42.9 Å². The van der Waals surface area contributed by atoms with Gasteiger partial charge in [0, 0.05) is 11.4 Å². The van der Waals surface area contributed by atoms with Crippen LogP contribution >= 0.6 is 11.3 Å². The van der Waals surface area contributed by atoms with E-state index in [2.05, 4.69) is 44.9 Å². The first-order valence-corrected chi connectivity index (χ1v) is 7.18. The van der Waals surface area contributed by atoms with E-state index in [9.17, 15) is 4.79 Å². The van der Waals surface area contributed by atoms with Crippen LogP contribution in [-0.2, 0) is 0 Å². The van der Waals surface area contributed by atoms with Gasteiger partial charge in [0.15, 0.2) is 0 Å². The topological polar surface area (TPSA) is 49.3 Å². The van der Waals surface area contributed by atoms with Gasteiger partial charge in [-0.15, -0.1) is 11.3 Å². The molecule has 1 aliphatic carbocycles. The molecule has 1 aromatic heterocycles. The van der Waals surface area contributed by atoms with Crippen molar-refractivity contribution >= 4 is 17.2 Å². The third-order valence-electron chi connectivity index (χ3n) is 4.45. The molecule has 4 heteroatoms. The summed E-state index contributed by atoms with van der Waals surface area (Å²) in [6.45, 7) is 8.52. The van der Waals surface area contributed by atoms with Crippen molar-refractivity contribution in [2.45, 2.75) is 33.7 Å². The van der Waals surface area contributed by atoms with Gasteiger partial charge in [-0.25, -0.2) is 0 Å². The molecule has 0 aromatic carbocycles. The molecule has 0 bridgehead atoms. The standard InChI is InChI=1S/C15H19NO2S/c1-14(2)13(15(14,3)4)16-12(18)10-8-11(19-9-10)6-5-7-17/h8-9,13,17H,7H2,1-4H3,(H,16,18). The Balaban J connectivity index is 2.04. The zero-order valence-corrected chi connectivity index (χ0v) is 12.5. The summed E-state index contributed by atoms with van der Waals surface area (Å²) in [7, 11) is 0. The summed E-state index contributed by atoms with van der Waals surface area (Å²) in [5.74, 6) is 5.35. The molecule has 0 aliphatic heterocycles. The molecule has 1 aliphatic rings. The molecule has 0 radical (unpaired) electrons. The minimum Gasteiger partial charge on any atom is -0.384 e. The molecular weight excluding hydrogens is 258 g/mol. The number of aliphatic hydroxyl groups excluding tert-OH is 1. The van der Waals surface area contributed by atoms with Gasteiger partial charge >= 0.3 is 0 Å². The molecule has 19 heavy (non-hydrogen) atoms. The predicted octanol–water partition coefficient (Wildman–Crippen LogP) is 2.26. The van der Waals surface area contributed by atoms with Crippen LogP contribution in [0.5, 0.6) is 0 Å². The number of hydrogen-bond donors (Lipinski definition) is 2. The van der Waals surface area contributed by atoms with Crippen molar-refractivity contribution in [1.82, 2.24) is 5.32 Å². The maximum absolute atomic E-state index is 12.2. The molecule has 1 heterocycles. The molecule has 1 fully saturated rings. The van der Waals surface area contributed by atoms with Crippen LogP contribution in [0.15, 0.2) is 11.4 Å². The fraction of sp³-hybridized carbons (Fsp3) is 0.533. The normalized spacial score (nSPS) is 19.4. The molecular formula is C15H19NO2S. The second-order valence-electron chi connectivity index (χ2n) is 6.01. The summed E-state index contributed by atoms with van der Waals surface area (Å²) in [6.07, 6.45) is 0. The van der Waals surface area contributed by atoms with Crippen LogP contribution in [0.4, 0.5) is 0 Å². The van der Waals surface area contributed by atoms with Gasteiger partial charge in [-0.2, -0.15) is 0 Å². The average Bonchev–Trinajstić information content (AvgIpc) is 2.76. The number of hydrogen-bond acceptors (Lipinski definition) is 3. The fourth-order valence-electron chi connectivity index (χ4n) is 2.42. The van der Waals surface area contributed by atoms with Gasteiger partial charge in [0.25, 0.3) is 5.91 Å². The molecule has 1 aromatic rings. The molecule has 2 N–H and O–H groups in total. The van der Waals surface area contributed by atoms with E-state index in [1.807, 2.05) is 0 Å². The molecule has 1 amide bonds. The molecule has 102 valence electrons. The van der Waals surface area contributed by atoms with Gasteiger partial charge in [0.2, 0.25) is 0 Å². The summed E-state index contributed by atoms with van der Waals surface area (Å²) < 4.78 is 0. The Morgan fingerprint density at radius 1 is 1.42 bits per heavy atom. The monoisotopic (exact) mass is 277 g/mol. The molecule has 1 saturated carbocycles. The Morgan fingerprint density at radius 3 is 2.58 bits per heavy atom. The second kappa shape index (κ2) is 4.66. The number of amides is 1. The van der Waals surface area contributed by atoms with E-state index in [0.717, 1.165) is 4.88 Å². The first-order chi connectivity index (χ1) is 8.80. The van der Waals surface area contributed by atoms with E-state index in [1.54, 1.807) is 11.4 Å². The van der Waals surface area contributed by atoms with Crippen LogP contribution in [0.2, 0.25) is 0 Å². The minimum absolute atomic E-state index is 0.0445. The van der Waals surface area contributed by atoms with E-state index >= 15 is 0 Å². The van der Waals surface area contributed by atoms with Crippen LogP contribution in [-0.4, -0.2) is 23.7 Å². The van der Waals surface area contributed by atoms with Gasteiger partial charge in [-0.1, -0.05) is 39.5 Å². The first kappa shape index (κ1) is 14.1. The van der Waals surface area contributed by atoms with E-state index in [4.69, 9.17) is 5.11 Å². The zero-order valence-electron chi connectivity index (χ0n) is 11.7. The lowest BCUT2D eigenvalue weighted by Gasteiger charge is -2.04. The van der Waals surface area contributed by atoms with Crippen LogP contribution in [0, 0.1) is 22.7 Å². The van der Waals surface area contributed by atoms with E-state index in [0.29, 0.717) is 5.56 Å². The van der Waals surface area contributed by atoms with Crippen LogP contribution in [0.3, 0.4) is 0 Å². The Labute approximate surface area is 118 Å². The van der Waals surface area contributed by atoms with Crippen molar-refractivity contribution in [2.24, 2.45) is 10.8 Å². The van der Waals surface area contributed by atoms with Gasteiger partial charge in [-0.05, 0) is 16.9 Å². The van der Waals surface area contributed by atoms with Crippen molar-refractivity contribution in [3.05, 3.63) is 21.9 Å². The fourth-order valence-corrected chi connectivity index (χ4v) is 3.17. The maximum atomic E-state index is 12.2. The molecule has 3 nitrogen and oxygen atoms in total. The van der Waals surface area contributed by atoms with E-state index < -0.39 is 0 Å². The molecule has 0 saturated heterocycles. The average molecular weight is 277 g/mol. The van der Waals surface area contributed by atoms with E-state index in [-0.39, 0.29) is 29.4 Å². The predicted molar refractivity (Wildman–Crippen MR) is 77.1 cm³/mol. The van der Waals surface area contributed by atoms with Gasteiger partial charge in [0.1, 0.15) is 6.61 Å². The Kier molecular flexibility index (Phi) is 3.46. The second-order valence-corrected chi connectivity index (χ2v) is 6.92. The maximum Gasteiger partial charge on any atom is 0.252 e. The van der Waals surface area contributed by atoms with Crippen molar-refractivity contribution < 1.29 is 9.90 Å². The third kappa shape index (κ3) is 2.41. The summed E-state index contributed by atoms with van der Waals surface area (Å²) >= 11 is 1.42. The van der Waals surface area contributed by atoms with Gasteiger partial charge < -0.3 is 10.4 Å². The summed E-state index contributed by atoms with van der Waals surface area (Å²) in [5, 5.41) is 13.5. The van der Waals surface area contributed by atoms with Crippen molar-refractivity contribution in [3.8, 4) is 11.8 Å². The van der Waals surface area contributed by atoms with Crippen LogP contribution < -0.4 is 5.32 Å². The smallest absolute Gasteiger partial charge is 0.252 e. The van der Waals surface area contributed by atoms with Crippen molar-refractivity contribution in [3.63, 3.8) is 0 Å². The van der Waals surface area contributed by atoms with Gasteiger partial charge in [-0.3, -0.25) is 4.79 Å². The number of carbonyl (C=O) groups is 1. The molecule has 0 spiro atoms. The number of thiophene rings is 1. The highest BCUT2D eigenvalue weighted by Crippen LogP contribution is 2.62. The quantitative estimate of drug-likeness (QED) is 0.815. The highest BCUT2D eigenvalue weighted by Gasteiger charge is 2.65. The molecule has 0 unspecified atom stereocenters. The Morgan fingerprint density at radius 2 is 2.05 bits per heavy atom. The summed E-state index contributed by atoms with van der Waals surface area (Å²) in [6, 6.07) is 1.98. The number of carbonyl (C=O) groups excluding carboxylic acids is 1. The Hall–Kier alpha value is -1.31. The molecule has 0 atom stereocenters. The van der Waals surface area contributed by atoms with Crippen molar-refractivity contribution in [1.29, 1.82) is 0 Å². The summed E-state index contributed by atoms with van der Waals surface area (Å²) in [5.41, 5.74) is 0.918. The number of rotatable bonds is 2. The lowest BCUT2D eigenvalue weighted by atomic mass is 10.0. The van der Waals surface area contributed by atoms with Gasteiger partial charge in [0.05, 0.1) is 10.4 Å². The highest BCUT2D eigenvalue weighted by molar-refractivity contribution is 7.10. The Bertz CT molecular complexity index is 546. The van der Waals surface area contributed by atoms with Crippen LogP contribution in [0.25, 0.3) is 0 Å². The molecule has 2 rings (SSSR count). The third-order valence-corrected chi connectivity index (χ3v) is 5.29. The first-order valence-electron chi connectivity index (χ1n) is 6.30. The van der Waals surface area contributed by atoms with Crippen molar-refractivity contribution in [2.75, 3.05) is 6.61 Å². The SMILES string of the molecule is CC1(C)C(NC(=O)c2csc(C#CCO)c2)C1(C)C. The highest BCUT2D eigenvalue weighted by atomic mass is 32.1. The lowest BCUT2D eigenvalue weighted by molar-refractivity contribution is 0.0944. The van der Waals surface area contributed by atoms with E-state index in [1.165, 1.54) is 11.3 Å². The number of aliphatic hydroxyl groups is 1. The number of nitrogens with one attached hydrogen (secondary N) is 1. The lowest BCUT2D eigenvalue weighted by Crippen LogP contribution is -2.29.